The fourth-order valence-corrected chi connectivity index (χ4v) is 3.87. The maximum absolute atomic E-state index is 12.1. The number of ketones is 1. The highest BCUT2D eigenvalue weighted by Gasteiger charge is 2.14. The third-order valence-electron chi connectivity index (χ3n) is 3.76. The second kappa shape index (κ2) is 8.25. The highest BCUT2D eigenvalue weighted by atomic mass is 32.1. The minimum atomic E-state index is -0.216. The van der Waals surface area contributed by atoms with Gasteiger partial charge in [-0.15, -0.1) is 22.7 Å². The number of anilines is 1. The molecule has 2 heterocycles. The fourth-order valence-electron chi connectivity index (χ4n) is 2.45. The highest BCUT2D eigenvalue weighted by Crippen LogP contribution is 2.33. The van der Waals surface area contributed by atoms with Crippen molar-refractivity contribution in [2.45, 2.75) is 19.8 Å². The molecule has 0 aliphatic heterocycles. The van der Waals surface area contributed by atoms with E-state index < -0.39 is 0 Å². The van der Waals surface area contributed by atoms with Crippen LogP contribution in [0.2, 0.25) is 0 Å². The molecule has 0 fully saturated rings. The summed E-state index contributed by atoms with van der Waals surface area (Å²) in [5.41, 5.74) is 2.74. The Kier molecular flexibility index (Phi) is 5.80. The third kappa shape index (κ3) is 4.36. The number of Topliss-reactive ketones (excluding diaryl/α,β-unsaturated/α-hetero) is 1. The molecule has 2 aromatic heterocycles. The van der Waals surface area contributed by atoms with Gasteiger partial charge in [-0.3, -0.25) is 9.59 Å². The molecule has 0 bridgehead atoms. The number of nitrogens with one attached hydrogen (secondary N) is 1. The molecule has 1 amide bonds. The molecule has 3 rings (SSSR count). The number of thiophene rings is 1. The zero-order valence-electron chi connectivity index (χ0n) is 14.4. The lowest BCUT2D eigenvalue weighted by Gasteiger charge is -2.07. The summed E-state index contributed by atoms with van der Waals surface area (Å²) in [6.45, 7) is 2.00. The van der Waals surface area contributed by atoms with Crippen LogP contribution in [-0.4, -0.2) is 23.8 Å². The first-order valence-corrected chi connectivity index (χ1v) is 9.80. The number of carbonyl (C=O) groups excluding carboxylic acids is 2. The summed E-state index contributed by atoms with van der Waals surface area (Å²) >= 11 is 2.74. The first-order valence-electron chi connectivity index (χ1n) is 8.04. The van der Waals surface area contributed by atoms with Gasteiger partial charge in [0.2, 0.25) is 5.91 Å². The number of nitrogens with zero attached hydrogens (tertiary/aromatic N) is 1. The number of rotatable bonds is 7. The number of benzene rings is 1. The average Bonchev–Trinajstić information content (AvgIpc) is 3.31. The molecule has 1 N–H and O–H groups in total. The summed E-state index contributed by atoms with van der Waals surface area (Å²) in [6, 6.07) is 9.47. The van der Waals surface area contributed by atoms with Crippen LogP contribution < -0.4 is 10.1 Å². The van der Waals surface area contributed by atoms with Gasteiger partial charge >= 0.3 is 0 Å². The van der Waals surface area contributed by atoms with Crippen molar-refractivity contribution in [3.63, 3.8) is 0 Å². The number of ether oxygens (including phenoxy) is 1. The molecular formula is C19H18N2O3S2. The molecule has 0 saturated heterocycles. The lowest BCUT2D eigenvalue weighted by Crippen LogP contribution is -2.13. The number of aromatic nitrogens is 1. The number of methoxy groups -OCH3 is 1. The van der Waals surface area contributed by atoms with Crippen molar-refractivity contribution in [3.8, 4) is 17.0 Å². The standard InChI is InChI=1S/C19H18N2O3S2/c1-12-5-7-16(24-2)13(10-12)14-11-26-19(20-14)21-18(23)8-6-15(22)17-4-3-9-25-17/h3-5,7,9-11H,6,8H2,1-2H3,(H,20,21,23). The summed E-state index contributed by atoms with van der Waals surface area (Å²) in [5.74, 6) is 0.506. The van der Waals surface area contributed by atoms with Gasteiger partial charge in [0.25, 0.3) is 0 Å². The largest absolute Gasteiger partial charge is 0.496 e. The van der Waals surface area contributed by atoms with E-state index in [0.29, 0.717) is 10.0 Å². The Bertz CT molecular complexity index is 917. The van der Waals surface area contributed by atoms with Gasteiger partial charge in [-0.2, -0.15) is 0 Å². The third-order valence-corrected chi connectivity index (χ3v) is 5.43. The maximum Gasteiger partial charge on any atom is 0.226 e. The Morgan fingerprint density at radius 3 is 2.77 bits per heavy atom. The molecule has 0 unspecified atom stereocenters. The Balaban J connectivity index is 1.62. The lowest BCUT2D eigenvalue weighted by atomic mass is 10.1. The van der Waals surface area contributed by atoms with E-state index in [9.17, 15) is 9.59 Å². The first-order chi connectivity index (χ1) is 12.6. The minimum absolute atomic E-state index is 0.0144. The van der Waals surface area contributed by atoms with E-state index in [4.69, 9.17) is 4.74 Å². The van der Waals surface area contributed by atoms with Crippen LogP contribution in [0.4, 0.5) is 5.13 Å². The molecule has 0 atom stereocenters. The van der Waals surface area contributed by atoms with Crippen molar-refractivity contribution >= 4 is 39.5 Å². The van der Waals surface area contributed by atoms with Crippen LogP contribution in [0, 0.1) is 6.92 Å². The fraction of sp³-hybridized carbons (Fsp3) is 0.211. The molecule has 5 nitrogen and oxygen atoms in total. The van der Waals surface area contributed by atoms with Gasteiger partial charge in [-0.25, -0.2) is 4.98 Å². The van der Waals surface area contributed by atoms with E-state index >= 15 is 0 Å². The van der Waals surface area contributed by atoms with Crippen molar-refractivity contribution in [1.29, 1.82) is 0 Å². The second-order valence-corrected chi connectivity index (χ2v) is 7.50. The number of hydrogen-bond donors (Lipinski definition) is 1. The van der Waals surface area contributed by atoms with Gasteiger partial charge in [0.1, 0.15) is 5.75 Å². The Morgan fingerprint density at radius 2 is 2.04 bits per heavy atom. The van der Waals surface area contributed by atoms with Crippen molar-refractivity contribution in [3.05, 3.63) is 51.5 Å². The summed E-state index contributed by atoms with van der Waals surface area (Å²) in [6.07, 6.45) is 0.329. The molecule has 0 aliphatic carbocycles. The number of thiazole rings is 1. The van der Waals surface area contributed by atoms with Gasteiger partial charge in [-0.1, -0.05) is 17.7 Å². The van der Waals surface area contributed by atoms with E-state index in [0.717, 1.165) is 22.6 Å². The van der Waals surface area contributed by atoms with Crippen molar-refractivity contribution in [1.82, 2.24) is 4.98 Å². The Labute approximate surface area is 159 Å². The summed E-state index contributed by atoms with van der Waals surface area (Å²) in [5, 5.41) is 7.00. The van der Waals surface area contributed by atoms with Crippen LogP contribution in [0.5, 0.6) is 5.75 Å². The van der Waals surface area contributed by atoms with Crippen LogP contribution in [-0.2, 0) is 4.79 Å². The van der Waals surface area contributed by atoms with Crippen LogP contribution in [0.25, 0.3) is 11.3 Å². The zero-order chi connectivity index (χ0) is 18.5. The quantitative estimate of drug-likeness (QED) is 0.593. The summed E-state index contributed by atoms with van der Waals surface area (Å²) in [4.78, 5) is 29.2. The number of carbonyl (C=O) groups is 2. The Morgan fingerprint density at radius 1 is 1.19 bits per heavy atom. The van der Waals surface area contributed by atoms with Crippen molar-refractivity contribution in [2.75, 3.05) is 12.4 Å². The van der Waals surface area contributed by atoms with Crippen molar-refractivity contribution in [2.24, 2.45) is 0 Å². The second-order valence-electron chi connectivity index (χ2n) is 5.69. The van der Waals surface area contributed by atoms with Crippen molar-refractivity contribution < 1.29 is 14.3 Å². The maximum atomic E-state index is 12.1. The average molecular weight is 386 g/mol. The monoisotopic (exact) mass is 386 g/mol. The first kappa shape index (κ1) is 18.3. The predicted molar refractivity (Wildman–Crippen MR) is 105 cm³/mol. The molecule has 1 aromatic carbocycles. The van der Waals surface area contributed by atoms with Gasteiger partial charge in [0.05, 0.1) is 17.7 Å². The van der Waals surface area contributed by atoms with Crippen LogP contribution in [0.15, 0.2) is 41.1 Å². The van der Waals surface area contributed by atoms with Crippen LogP contribution in [0.1, 0.15) is 28.1 Å². The molecule has 0 radical (unpaired) electrons. The topological polar surface area (TPSA) is 68.3 Å². The lowest BCUT2D eigenvalue weighted by molar-refractivity contribution is -0.116. The summed E-state index contributed by atoms with van der Waals surface area (Å²) < 4.78 is 5.39. The van der Waals surface area contributed by atoms with E-state index in [1.807, 2.05) is 41.9 Å². The minimum Gasteiger partial charge on any atom is -0.496 e. The zero-order valence-corrected chi connectivity index (χ0v) is 16.1. The van der Waals surface area contributed by atoms with E-state index in [-0.39, 0.29) is 24.5 Å². The van der Waals surface area contributed by atoms with Crippen LogP contribution in [0.3, 0.4) is 0 Å². The molecule has 3 aromatic rings. The van der Waals surface area contributed by atoms with E-state index in [1.165, 1.54) is 22.7 Å². The molecule has 134 valence electrons. The number of hydrogen-bond acceptors (Lipinski definition) is 6. The van der Waals surface area contributed by atoms with E-state index in [1.54, 1.807) is 13.2 Å². The molecule has 0 aliphatic rings. The molecule has 7 heteroatoms. The Hall–Kier alpha value is -2.51. The number of amides is 1. The predicted octanol–water partition coefficient (Wildman–Crippen LogP) is 4.79. The molecule has 0 saturated carbocycles. The smallest absolute Gasteiger partial charge is 0.226 e. The normalized spacial score (nSPS) is 10.5. The number of aryl methyl sites for hydroxylation is 1. The van der Waals surface area contributed by atoms with E-state index in [2.05, 4.69) is 10.3 Å². The van der Waals surface area contributed by atoms with Gasteiger partial charge in [-0.05, 0) is 30.5 Å². The molecular weight excluding hydrogens is 368 g/mol. The van der Waals surface area contributed by atoms with Crippen LogP contribution >= 0.6 is 22.7 Å². The van der Waals surface area contributed by atoms with Gasteiger partial charge in [0.15, 0.2) is 10.9 Å². The van der Waals surface area contributed by atoms with Gasteiger partial charge in [0, 0.05) is 23.8 Å². The summed E-state index contributed by atoms with van der Waals surface area (Å²) in [7, 11) is 1.62. The SMILES string of the molecule is COc1ccc(C)cc1-c1csc(NC(=O)CCC(=O)c2cccs2)n1. The molecule has 26 heavy (non-hydrogen) atoms. The highest BCUT2D eigenvalue weighted by molar-refractivity contribution is 7.14. The van der Waals surface area contributed by atoms with Gasteiger partial charge < -0.3 is 10.1 Å². The molecule has 0 spiro atoms.